The van der Waals surface area contributed by atoms with Crippen molar-refractivity contribution in [3.05, 3.63) is 93.5 Å². The molecule has 1 fully saturated rings. The summed E-state index contributed by atoms with van der Waals surface area (Å²) < 4.78 is 10.9. The average molecular weight is 516 g/mol. The number of hydrogen-bond acceptors (Lipinski definition) is 6. The minimum atomic E-state index is -0.840. The van der Waals surface area contributed by atoms with Crippen LogP contribution in [-0.4, -0.2) is 35.6 Å². The summed E-state index contributed by atoms with van der Waals surface area (Å²) in [5.74, 6) is 1.31. The number of nitrogens with one attached hydrogen (secondary N) is 1. The number of nitro groups is 1. The third-order valence-corrected chi connectivity index (χ3v) is 7.49. The molecule has 5 rings (SSSR count). The fourth-order valence-corrected chi connectivity index (χ4v) is 5.35. The van der Waals surface area contributed by atoms with Crippen LogP contribution in [0.4, 0.5) is 11.4 Å². The highest BCUT2D eigenvalue weighted by Crippen LogP contribution is 2.42. The second kappa shape index (κ2) is 11.2. The molecular weight excluding hydrogens is 482 g/mol. The SMILES string of the molecule is CC(C)c1ccc(NC(=O)[C@H](c2cc3c(cc2[N+](=O)[O-])OCO3)N2CCC(Cc3ccccc3)CC2)cc1. The van der Waals surface area contributed by atoms with Crippen molar-refractivity contribution in [2.24, 2.45) is 5.92 Å². The minimum Gasteiger partial charge on any atom is -0.454 e. The standard InChI is InChI=1S/C30H33N3O5/c1-20(2)23-8-10-24(11-9-23)31-30(34)29(25-17-27-28(38-19-37-27)18-26(25)33(35)36)32-14-12-22(13-15-32)16-21-6-4-3-5-7-21/h3-11,17-18,20,22,29H,12-16,19H2,1-2H3,(H,31,34)/t29-/m0/s1. The summed E-state index contributed by atoms with van der Waals surface area (Å²) in [6, 6.07) is 20.3. The van der Waals surface area contributed by atoms with Crippen molar-refractivity contribution in [1.29, 1.82) is 0 Å². The van der Waals surface area contributed by atoms with E-state index in [-0.39, 0.29) is 18.4 Å². The van der Waals surface area contributed by atoms with Crippen LogP contribution in [0.15, 0.2) is 66.7 Å². The van der Waals surface area contributed by atoms with Gasteiger partial charge < -0.3 is 14.8 Å². The summed E-state index contributed by atoms with van der Waals surface area (Å²) in [6.45, 7) is 5.55. The molecule has 2 aliphatic rings. The van der Waals surface area contributed by atoms with Gasteiger partial charge in [0.25, 0.3) is 5.69 Å². The van der Waals surface area contributed by atoms with Crippen LogP contribution in [0.5, 0.6) is 11.5 Å². The predicted octanol–water partition coefficient (Wildman–Crippen LogP) is 6.08. The molecular formula is C30H33N3O5. The minimum absolute atomic E-state index is 0.000115. The van der Waals surface area contributed by atoms with Gasteiger partial charge in [-0.2, -0.15) is 0 Å². The van der Waals surface area contributed by atoms with E-state index < -0.39 is 11.0 Å². The van der Waals surface area contributed by atoms with Gasteiger partial charge >= 0.3 is 0 Å². The molecule has 198 valence electrons. The topological polar surface area (TPSA) is 93.9 Å². The number of hydrogen-bond donors (Lipinski definition) is 1. The third-order valence-electron chi connectivity index (χ3n) is 7.49. The number of rotatable bonds is 8. The van der Waals surface area contributed by atoms with E-state index in [4.69, 9.17) is 9.47 Å². The number of fused-ring (bicyclic) bond motifs is 1. The average Bonchev–Trinajstić information content (AvgIpc) is 3.38. The summed E-state index contributed by atoms with van der Waals surface area (Å²) in [5, 5.41) is 15.1. The van der Waals surface area contributed by atoms with Gasteiger partial charge in [0.05, 0.1) is 16.6 Å². The number of nitro benzene ring substituents is 1. The second-order valence-electron chi connectivity index (χ2n) is 10.4. The molecule has 38 heavy (non-hydrogen) atoms. The van der Waals surface area contributed by atoms with Gasteiger partial charge in [0.2, 0.25) is 12.7 Å². The molecule has 8 nitrogen and oxygen atoms in total. The first-order valence-electron chi connectivity index (χ1n) is 13.2. The van der Waals surface area contributed by atoms with Gasteiger partial charge in [0.15, 0.2) is 11.5 Å². The molecule has 2 aliphatic heterocycles. The Morgan fingerprint density at radius 3 is 2.32 bits per heavy atom. The van der Waals surface area contributed by atoms with E-state index >= 15 is 0 Å². The van der Waals surface area contributed by atoms with Crippen LogP contribution in [0.1, 0.15) is 55.3 Å². The Morgan fingerprint density at radius 1 is 1.03 bits per heavy atom. The molecule has 0 aliphatic carbocycles. The van der Waals surface area contributed by atoms with Crippen LogP contribution in [0.3, 0.4) is 0 Å². The first kappa shape index (κ1) is 25.7. The Hall–Kier alpha value is -3.91. The molecule has 3 aromatic rings. The normalized spacial score (nSPS) is 16.4. The maximum absolute atomic E-state index is 13.8. The Bertz CT molecular complexity index is 1290. The van der Waals surface area contributed by atoms with Crippen molar-refractivity contribution in [3.63, 3.8) is 0 Å². The van der Waals surface area contributed by atoms with Crippen molar-refractivity contribution in [2.45, 2.75) is 45.1 Å². The van der Waals surface area contributed by atoms with E-state index in [9.17, 15) is 14.9 Å². The quantitative estimate of drug-likeness (QED) is 0.289. The van der Waals surface area contributed by atoms with Crippen molar-refractivity contribution in [1.82, 2.24) is 4.90 Å². The monoisotopic (exact) mass is 515 g/mol. The lowest BCUT2D eigenvalue weighted by Gasteiger charge is -2.37. The zero-order valence-electron chi connectivity index (χ0n) is 21.8. The second-order valence-corrected chi connectivity index (χ2v) is 10.4. The molecule has 0 unspecified atom stereocenters. The van der Waals surface area contributed by atoms with Crippen LogP contribution in [0.2, 0.25) is 0 Å². The first-order valence-corrected chi connectivity index (χ1v) is 13.2. The maximum atomic E-state index is 13.8. The van der Waals surface area contributed by atoms with Gasteiger partial charge in [-0.1, -0.05) is 56.3 Å². The molecule has 0 spiro atoms. The highest BCUT2D eigenvalue weighted by Gasteiger charge is 2.37. The van der Waals surface area contributed by atoms with Gasteiger partial charge in [-0.15, -0.1) is 0 Å². The number of carbonyl (C=O) groups is 1. The first-order chi connectivity index (χ1) is 18.4. The molecule has 8 heteroatoms. The molecule has 1 atom stereocenters. The summed E-state index contributed by atoms with van der Waals surface area (Å²) in [7, 11) is 0. The summed E-state index contributed by atoms with van der Waals surface area (Å²) in [4.78, 5) is 27.5. The molecule has 3 aromatic carbocycles. The highest BCUT2D eigenvalue weighted by atomic mass is 16.7. The van der Waals surface area contributed by atoms with Gasteiger partial charge in [-0.25, -0.2) is 0 Å². The Morgan fingerprint density at radius 2 is 1.68 bits per heavy atom. The van der Waals surface area contributed by atoms with Crippen LogP contribution in [0.25, 0.3) is 0 Å². The number of ether oxygens (including phenoxy) is 2. The van der Waals surface area contributed by atoms with E-state index in [1.54, 1.807) is 6.07 Å². The predicted molar refractivity (Wildman–Crippen MR) is 146 cm³/mol. The lowest BCUT2D eigenvalue weighted by molar-refractivity contribution is -0.386. The molecule has 0 radical (unpaired) electrons. The molecule has 0 saturated carbocycles. The fraction of sp³-hybridized carbons (Fsp3) is 0.367. The number of benzene rings is 3. The van der Waals surface area contributed by atoms with Crippen LogP contribution >= 0.6 is 0 Å². The number of anilines is 1. The van der Waals surface area contributed by atoms with E-state index in [1.807, 2.05) is 30.3 Å². The van der Waals surface area contributed by atoms with Gasteiger partial charge in [0, 0.05) is 5.69 Å². The Kier molecular flexibility index (Phi) is 7.60. The summed E-state index contributed by atoms with van der Waals surface area (Å²) >= 11 is 0. The molecule has 2 heterocycles. The van der Waals surface area contributed by atoms with E-state index in [0.717, 1.165) is 19.3 Å². The Labute approximate surface area is 222 Å². The smallest absolute Gasteiger partial charge is 0.278 e. The molecule has 1 saturated heterocycles. The van der Waals surface area contributed by atoms with Crippen LogP contribution in [0, 0.1) is 16.0 Å². The molecule has 0 aromatic heterocycles. The lowest BCUT2D eigenvalue weighted by Crippen LogP contribution is -2.42. The number of carbonyl (C=O) groups excluding carboxylic acids is 1. The van der Waals surface area contributed by atoms with Gasteiger partial charge in [-0.05, 0) is 73.5 Å². The van der Waals surface area contributed by atoms with Crippen LogP contribution in [-0.2, 0) is 11.2 Å². The summed E-state index contributed by atoms with van der Waals surface area (Å²) in [5.41, 5.74) is 3.31. The van der Waals surface area contributed by atoms with Gasteiger partial charge in [-0.3, -0.25) is 19.8 Å². The summed E-state index contributed by atoms with van der Waals surface area (Å²) in [6.07, 6.45) is 2.79. The maximum Gasteiger partial charge on any atom is 0.278 e. The number of nitrogens with zero attached hydrogens (tertiary/aromatic N) is 2. The zero-order valence-corrected chi connectivity index (χ0v) is 21.8. The number of piperidine rings is 1. The Balaban J connectivity index is 1.42. The number of amides is 1. The van der Waals surface area contributed by atoms with Gasteiger partial charge in [0.1, 0.15) is 6.04 Å². The van der Waals surface area contributed by atoms with Crippen molar-refractivity contribution in [3.8, 4) is 11.5 Å². The molecule has 1 amide bonds. The van der Waals surface area contributed by atoms with Crippen LogP contribution < -0.4 is 14.8 Å². The lowest BCUT2D eigenvalue weighted by atomic mass is 9.88. The van der Waals surface area contributed by atoms with Crippen molar-refractivity contribution < 1.29 is 19.2 Å². The number of likely N-dealkylation sites (tertiary alicyclic amines) is 1. The highest BCUT2D eigenvalue weighted by molar-refractivity contribution is 5.96. The van der Waals surface area contributed by atoms with E-state index in [0.29, 0.717) is 47.7 Å². The van der Waals surface area contributed by atoms with Crippen molar-refractivity contribution in [2.75, 3.05) is 25.2 Å². The van der Waals surface area contributed by atoms with Crippen molar-refractivity contribution >= 4 is 17.3 Å². The molecule has 0 bridgehead atoms. The van der Waals surface area contributed by atoms with E-state index in [1.165, 1.54) is 17.2 Å². The third kappa shape index (κ3) is 5.65. The zero-order chi connectivity index (χ0) is 26.6. The van der Waals surface area contributed by atoms with E-state index in [2.05, 4.69) is 48.3 Å². The molecule has 1 N–H and O–H groups in total. The fourth-order valence-electron chi connectivity index (χ4n) is 5.35. The largest absolute Gasteiger partial charge is 0.454 e.